The van der Waals surface area contributed by atoms with E-state index in [-0.39, 0.29) is 30.0 Å². The molecule has 0 bridgehead atoms. The molecular weight excluding hydrogens is 400 g/mol. The first-order chi connectivity index (χ1) is 12.9. The average molecular weight is 429 g/mol. The number of hydrogen-bond donors (Lipinski definition) is 2. The minimum atomic E-state index is -3.53. The number of halogens is 1. The second-order valence-corrected chi connectivity index (χ2v) is 10.6. The fourth-order valence-electron chi connectivity index (χ4n) is 4.96. The zero-order chi connectivity index (χ0) is 19.1. The summed E-state index contributed by atoms with van der Waals surface area (Å²) in [6.45, 7) is 1.07. The molecule has 28 heavy (non-hydrogen) atoms. The molecule has 2 fully saturated rings. The van der Waals surface area contributed by atoms with E-state index in [0.29, 0.717) is 32.4 Å². The van der Waals surface area contributed by atoms with Crippen LogP contribution in [0.2, 0.25) is 0 Å². The van der Waals surface area contributed by atoms with Crippen molar-refractivity contribution in [2.45, 2.75) is 61.3 Å². The molecule has 1 aromatic rings. The monoisotopic (exact) mass is 428 g/mol. The number of fused-ring (bicyclic) bond motifs is 1. The van der Waals surface area contributed by atoms with Gasteiger partial charge in [-0.25, -0.2) is 8.42 Å². The summed E-state index contributed by atoms with van der Waals surface area (Å²) in [6.07, 6.45) is 6.73. The topological polar surface area (TPSA) is 84.5 Å². The van der Waals surface area contributed by atoms with Crippen molar-refractivity contribution in [2.75, 3.05) is 19.3 Å². The molecule has 1 unspecified atom stereocenters. The molecule has 1 aromatic carbocycles. The van der Waals surface area contributed by atoms with Crippen molar-refractivity contribution in [1.82, 2.24) is 10.6 Å². The summed E-state index contributed by atoms with van der Waals surface area (Å²) < 4.78 is 30.2. The molecule has 1 spiro atoms. The van der Waals surface area contributed by atoms with Crippen LogP contribution in [0.25, 0.3) is 0 Å². The van der Waals surface area contributed by atoms with E-state index >= 15 is 0 Å². The molecule has 2 aliphatic heterocycles. The van der Waals surface area contributed by atoms with E-state index in [9.17, 15) is 13.2 Å². The lowest BCUT2D eigenvalue weighted by atomic mass is 9.85. The van der Waals surface area contributed by atoms with Gasteiger partial charge in [-0.1, -0.05) is 18.2 Å². The van der Waals surface area contributed by atoms with Gasteiger partial charge >= 0.3 is 0 Å². The maximum absolute atomic E-state index is 13.3. The number of ether oxygens (including phenoxy) is 1. The van der Waals surface area contributed by atoms with Gasteiger partial charge in [0.25, 0.3) is 0 Å². The number of rotatable bonds is 3. The van der Waals surface area contributed by atoms with E-state index in [2.05, 4.69) is 10.6 Å². The van der Waals surface area contributed by atoms with E-state index < -0.39 is 14.6 Å². The molecule has 0 radical (unpaired) electrons. The first kappa shape index (κ1) is 21.4. The summed E-state index contributed by atoms with van der Waals surface area (Å²) in [6, 6.07) is 7.58. The third kappa shape index (κ3) is 3.64. The van der Waals surface area contributed by atoms with Crippen LogP contribution in [0.5, 0.6) is 5.75 Å². The summed E-state index contributed by atoms with van der Waals surface area (Å²) in [7, 11) is -3.53. The Kier molecular flexibility index (Phi) is 5.99. The lowest BCUT2D eigenvalue weighted by molar-refractivity contribution is -0.125. The van der Waals surface area contributed by atoms with Crippen molar-refractivity contribution < 1.29 is 17.9 Å². The Morgan fingerprint density at radius 2 is 1.79 bits per heavy atom. The Labute approximate surface area is 173 Å². The predicted molar refractivity (Wildman–Crippen MR) is 111 cm³/mol. The summed E-state index contributed by atoms with van der Waals surface area (Å²) in [5, 5.41) is 6.28. The molecule has 3 aliphatic rings. The quantitative estimate of drug-likeness (QED) is 0.772. The lowest BCUT2D eigenvalue weighted by Crippen LogP contribution is -2.58. The van der Waals surface area contributed by atoms with Gasteiger partial charge < -0.3 is 15.4 Å². The number of benzene rings is 1. The number of carbonyl (C=O) groups excluding carboxylic acids is 1. The Balaban J connectivity index is 0.00000225. The van der Waals surface area contributed by atoms with Gasteiger partial charge in [0.15, 0.2) is 14.6 Å². The Morgan fingerprint density at radius 3 is 2.43 bits per heavy atom. The summed E-state index contributed by atoms with van der Waals surface area (Å²) >= 11 is 0. The molecule has 1 saturated heterocycles. The van der Waals surface area contributed by atoms with Crippen LogP contribution < -0.4 is 15.4 Å². The van der Waals surface area contributed by atoms with E-state index in [1.54, 1.807) is 0 Å². The van der Waals surface area contributed by atoms with Crippen molar-refractivity contribution in [3.05, 3.63) is 29.8 Å². The molecule has 2 N–H and O–H groups in total. The van der Waals surface area contributed by atoms with Gasteiger partial charge in [0.2, 0.25) is 5.91 Å². The zero-order valence-electron chi connectivity index (χ0n) is 16.2. The van der Waals surface area contributed by atoms with Crippen LogP contribution in [0.15, 0.2) is 24.3 Å². The number of hydrogen-bond acceptors (Lipinski definition) is 5. The zero-order valence-corrected chi connectivity index (χ0v) is 17.8. The molecule has 1 saturated carbocycles. The third-order valence-electron chi connectivity index (χ3n) is 6.55. The molecule has 2 heterocycles. The molecule has 8 heteroatoms. The largest absolute Gasteiger partial charge is 0.487 e. The maximum atomic E-state index is 13.3. The van der Waals surface area contributed by atoms with Crippen LogP contribution in [0.1, 0.15) is 56.6 Å². The van der Waals surface area contributed by atoms with Gasteiger partial charge in [0.05, 0.1) is 6.04 Å². The molecule has 4 rings (SSSR count). The summed E-state index contributed by atoms with van der Waals surface area (Å²) in [5.41, 5.74) is 0.708. The van der Waals surface area contributed by atoms with Crippen LogP contribution in [-0.4, -0.2) is 44.0 Å². The first-order valence-corrected chi connectivity index (χ1v) is 11.7. The van der Waals surface area contributed by atoms with Crippen LogP contribution in [-0.2, 0) is 14.6 Å². The molecular formula is C20H29ClN2O4S. The minimum Gasteiger partial charge on any atom is -0.487 e. The van der Waals surface area contributed by atoms with Crippen LogP contribution in [0, 0.1) is 0 Å². The highest BCUT2D eigenvalue weighted by Crippen LogP contribution is 2.47. The lowest BCUT2D eigenvalue weighted by Gasteiger charge is -2.42. The number of para-hydroxylation sites is 1. The summed E-state index contributed by atoms with van der Waals surface area (Å²) in [5.74, 6) is 0.455. The van der Waals surface area contributed by atoms with Crippen molar-refractivity contribution in [2.24, 2.45) is 0 Å². The number of piperidine rings is 1. The fourth-order valence-corrected chi connectivity index (χ4v) is 6.30. The van der Waals surface area contributed by atoms with Gasteiger partial charge in [0.1, 0.15) is 11.4 Å². The molecule has 1 amide bonds. The average Bonchev–Trinajstić information content (AvgIpc) is 3.08. The van der Waals surface area contributed by atoms with Gasteiger partial charge in [-0.15, -0.1) is 12.4 Å². The van der Waals surface area contributed by atoms with Crippen LogP contribution in [0.4, 0.5) is 0 Å². The van der Waals surface area contributed by atoms with Gasteiger partial charge in [-0.3, -0.25) is 4.79 Å². The molecule has 156 valence electrons. The van der Waals surface area contributed by atoms with Gasteiger partial charge in [0, 0.05) is 18.2 Å². The van der Waals surface area contributed by atoms with Crippen molar-refractivity contribution >= 4 is 28.2 Å². The van der Waals surface area contributed by atoms with Crippen molar-refractivity contribution in [3.63, 3.8) is 0 Å². The van der Waals surface area contributed by atoms with E-state index in [0.717, 1.165) is 37.0 Å². The minimum absolute atomic E-state index is 0. The van der Waals surface area contributed by atoms with Gasteiger partial charge in [-0.05, 0) is 57.7 Å². The van der Waals surface area contributed by atoms with Crippen LogP contribution in [0.3, 0.4) is 0 Å². The second kappa shape index (κ2) is 7.84. The first-order valence-electron chi connectivity index (χ1n) is 9.85. The normalized spacial score (nSPS) is 25.2. The maximum Gasteiger partial charge on any atom is 0.242 e. The Bertz CT molecular complexity index is 830. The molecule has 1 atom stereocenters. The Morgan fingerprint density at radius 1 is 1.14 bits per heavy atom. The van der Waals surface area contributed by atoms with E-state index in [1.165, 1.54) is 6.26 Å². The van der Waals surface area contributed by atoms with E-state index in [1.807, 2.05) is 24.3 Å². The number of sulfone groups is 1. The summed E-state index contributed by atoms with van der Waals surface area (Å²) in [4.78, 5) is 13.3. The van der Waals surface area contributed by atoms with Crippen molar-refractivity contribution in [1.29, 1.82) is 0 Å². The molecule has 6 nitrogen and oxygen atoms in total. The van der Waals surface area contributed by atoms with Crippen LogP contribution >= 0.6 is 12.4 Å². The second-order valence-electron chi connectivity index (χ2n) is 8.28. The molecule has 0 aromatic heterocycles. The number of carbonyl (C=O) groups is 1. The Hall–Kier alpha value is -1.31. The number of amides is 1. The smallest absolute Gasteiger partial charge is 0.242 e. The highest BCUT2D eigenvalue weighted by atomic mass is 35.5. The SMILES string of the molecule is CS(=O)(=O)C1(C(=O)NC2CC3(CCCC3)Oc3ccccc32)CCNCC1.Cl. The van der Waals surface area contributed by atoms with E-state index in [4.69, 9.17) is 4.74 Å². The van der Waals surface area contributed by atoms with Gasteiger partial charge in [-0.2, -0.15) is 0 Å². The van der Waals surface area contributed by atoms with Crippen molar-refractivity contribution in [3.8, 4) is 5.75 Å². The third-order valence-corrected chi connectivity index (χ3v) is 8.57. The fraction of sp³-hybridized carbons (Fsp3) is 0.650. The number of nitrogens with one attached hydrogen (secondary N) is 2. The molecule has 1 aliphatic carbocycles. The predicted octanol–water partition coefficient (Wildman–Crippen LogP) is 2.53. The standard InChI is InChI=1S/C20H28N2O4S.ClH/c1-27(24,25)20(10-12-21-13-11-20)18(23)22-16-14-19(8-4-5-9-19)26-17-7-3-2-6-15(16)17;/h2-3,6-7,16,21H,4-5,8-14H2,1H3,(H,22,23);1H. The highest BCUT2D eigenvalue weighted by Gasteiger charge is 2.50. The highest BCUT2D eigenvalue weighted by molar-refractivity contribution is 7.92.